The van der Waals surface area contributed by atoms with Crippen molar-refractivity contribution >= 4 is 0 Å². The monoisotopic (exact) mass is 260 g/mol. The standard InChI is InChI=1S/C15H17FN2O/c1-11(12-6-8-17-9-7-12)18-10-13-4-3-5-14(19-2)15(13)16/h3-9,11,18H,10H2,1-2H3. The summed E-state index contributed by atoms with van der Waals surface area (Å²) in [5, 5.41) is 3.28. The Labute approximate surface area is 112 Å². The van der Waals surface area contributed by atoms with Gasteiger partial charge in [0.1, 0.15) is 0 Å². The molecule has 1 unspecified atom stereocenters. The van der Waals surface area contributed by atoms with Crippen LogP contribution in [0.15, 0.2) is 42.7 Å². The molecule has 1 aromatic carbocycles. The van der Waals surface area contributed by atoms with Crippen LogP contribution in [0.5, 0.6) is 5.75 Å². The van der Waals surface area contributed by atoms with Crippen molar-refractivity contribution < 1.29 is 9.13 Å². The Balaban J connectivity index is 2.03. The van der Waals surface area contributed by atoms with E-state index in [1.165, 1.54) is 7.11 Å². The average molecular weight is 260 g/mol. The van der Waals surface area contributed by atoms with Gasteiger partial charge in [0.05, 0.1) is 7.11 Å². The lowest BCUT2D eigenvalue weighted by Crippen LogP contribution is -2.18. The van der Waals surface area contributed by atoms with Crippen LogP contribution in [0, 0.1) is 5.82 Å². The van der Waals surface area contributed by atoms with Crippen LogP contribution in [0.4, 0.5) is 4.39 Å². The smallest absolute Gasteiger partial charge is 0.169 e. The Morgan fingerprint density at radius 3 is 2.68 bits per heavy atom. The van der Waals surface area contributed by atoms with Gasteiger partial charge in [-0.3, -0.25) is 4.98 Å². The van der Waals surface area contributed by atoms with Crippen molar-refractivity contribution in [2.45, 2.75) is 19.5 Å². The number of rotatable bonds is 5. The number of methoxy groups -OCH3 is 1. The summed E-state index contributed by atoms with van der Waals surface area (Å²) in [5.74, 6) is -0.0321. The molecule has 3 nitrogen and oxygen atoms in total. The third-order valence-corrected chi connectivity index (χ3v) is 3.07. The summed E-state index contributed by atoms with van der Waals surface area (Å²) in [6.45, 7) is 2.49. The first-order valence-corrected chi connectivity index (χ1v) is 6.17. The highest BCUT2D eigenvalue weighted by molar-refractivity contribution is 5.31. The SMILES string of the molecule is COc1cccc(CNC(C)c2ccncc2)c1F. The van der Waals surface area contributed by atoms with Gasteiger partial charge in [-0.1, -0.05) is 12.1 Å². The molecule has 0 aliphatic heterocycles. The summed E-state index contributed by atoms with van der Waals surface area (Å²) in [4.78, 5) is 3.98. The van der Waals surface area contributed by atoms with Gasteiger partial charge in [0, 0.05) is 30.5 Å². The molecule has 2 rings (SSSR count). The Hall–Kier alpha value is -1.94. The molecule has 2 aromatic rings. The third-order valence-electron chi connectivity index (χ3n) is 3.07. The molecule has 0 saturated carbocycles. The second-order valence-corrected chi connectivity index (χ2v) is 4.32. The largest absolute Gasteiger partial charge is 0.494 e. The number of halogens is 1. The first kappa shape index (κ1) is 13.5. The van der Waals surface area contributed by atoms with Crippen LogP contribution in [0.25, 0.3) is 0 Å². The molecule has 1 aromatic heterocycles. The van der Waals surface area contributed by atoms with Gasteiger partial charge in [0.25, 0.3) is 0 Å². The van der Waals surface area contributed by atoms with E-state index in [2.05, 4.69) is 10.3 Å². The second-order valence-electron chi connectivity index (χ2n) is 4.32. The van der Waals surface area contributed by atoms with Crippen molar-refractivity contribution in [3.8, 4) is 5.75 Å². The van der Waals surface area contributed by atoms with Crippen LogP contribution in [0.3, 0.4) is 0 Å². The number of nitrogens with zero attached hydrogens (tertiary/aromatic N) is 1. The van der Waals surface area contributed by atoms with Gasteiger partial charge in [-0.15, -0.1) is 0 Å². The zero-order chi connectivity index (χ0) is 13.7. The molecular formula is C15H17FN2O. The van der Waals surface area contributed by atoms with Crippen molar-refractivity contribution in [2.24, 2.45) is 0 Å². The van der Waals surface area contributed by atoms with E-state index in [9.17, 15) is 4.39 Å². The van der Waals surface area contributed by atoms with Crippen LogP contribution in [-0.4, -0.2) is 12.1 Å². The number of aromatic nitrogens is 1. The van der Waals surface area contributed by atoms with Crippen molar-refractivity contribution in [1.29, 1.82) is 0 Å². The number of benzene rings is 1. The molecule has 0 aliphatic rings. The molecule has 19 heavy (non-hydrogen) atoms. The number of hydrogen-bond donors (Lipinski definition) is 1. The van der Waals surface area contributed by atoms with Crippen LogP contribution >= 0.6 is 0 Å². The normalized spacial score (nSPS) is 12.2. The van der Waals surface area contributed by atoms with Gasteiger partial charge in [-0.05, 0) is 30.7 Å². The minimum atomic E-state index is -0.306. The second kappa shape index (κ2) is 6.29. The Kier molecular flexibility index (Phi) is 4.47. The fraction of sp³-hybridized carbons (Fsp3) is 0.267. The van der Waals surface area contributed by atoms with Gasteiger partial charge in [-0.25, -0.2) is 4.39 Å². The number of nitrogens with one attached hydrogen (secondary N) is 1. The van der Waals surface area contributed by atoms with E-state index >= 15 is 0 Å². The number of hydrogen-bond acceptors (Lipinski definition) is 3. The van der Waals surface area contributed by atoms with Gasteiger partial charge in [0.2, 0.25) is 0 Å². The van der Waals surface area contributed by atoms with Crippen molar-refractivity contribution in [1.82, 2.24) is 10.3 Å². The molecule has 0 amide bonds. The summed E-state index contributed by atoms with van der Waals surface area (Å²) in [6, 6.07) is 9.18. The molecule has 0 spiro atoms. The van der Waals surface area contributed by atoms with Gasteiger partial charge < -0.3 is 10.1 Å². The lowest BCUT2D eigenvalue weighted by molar-refractivity contribution is 0.382. The van der Waals surface area contributed by atoms with Gasteiger partial charge in [0.15, 0.2) is 11.6 Å². The van der Waals surface area contributed by atoms with E-state index < -0.39 is 0 Å². The summed E-state index contributed by atoms with van der Waals surface area (Å²) in [7, 11) is 1.47. The Morgan fingerprint density at radius 2 is 2.00 bits per heavy atom. The minimum absolute atomic E-state index is 0.133. The minimum Gasteiger partial charge on any atom is -0.494 e. The Morgan fingerprint density at radius 1 is 1.26 bits per heavy atom. The molecule has 1 N–H and O–H groups in total. The molecule has 1 atom stereocenters. The molecular weight excluding hydrogens is 243 g/mol. The van der Waals surface area contributed by atoms with E-state index in [4.69, 9.17) is 4.74 Å². The molecule has 0 fully saturated rings. The summed E-state index contributed by atoms with van der Waals surface area (Å²) < 4.78 is 18.9. The number of ether oxygens (including phenoxy) is 1. The fourth-order valence-corrected chi connectivity index (χ4v) is 1.88. The van der Waals surface area contributed by atoms with E-state index in [-0.39, 0.29) is 17.6 Å². The third kappa shape index (κ3) is 3.29. The van der Waals surface area contributed by atoms with E-state index in [0.29, 0.717) is 12.1 Å². The maximum Gasteiger partial charge on any atom is 0.169 e. The topological polar surface area (TPSA) is 34.1 Å². The van der Waals surface area contributed by atoms with E-state index in [0.717, 1.165) is 5.56 Å². The number of pyridine rings is 1. The van der Waals surface area contributed by atoms with E-state index in [1.54, 1.807) is 30.6 Å². The molecule has 0 radical (unpaired) electrons. The van der Waals surface area contributed by atoms with Crippen LogP contribution in [0.1, 0.15) is 24.1 Å². The lowest BCUT2D eigenvalue weighted by atomic mass is 10.1. The predicted molar refractivity (Wildman–Crippen MR) is 72.4 cm³/mol. The van der Waals surface area contributed by atoms with Gasteiger partial charge in [-0.2, -0.15) is 0 Å². The molecule has 4 heteroatoms. The maximum absolute atomic E-state index is 14.0. The van der Waals surface area contributed by atoms with Crippen molar-refractivity contribution in [2.75, 3.05) is 7.11 Å². The first-order valence-electron chi connectivity index (χ1n) is 6.17. The predicted octanol–water partition coefficient (Wildman–Crippen LogP) is 3.08. The van der Waals surface area contributed by atoms with Crippen molar-refractivity contribution in [3.63, 3.8) is 0 Å². The fourth-order valence-electron chi connectivity index (χ4n) is 1.88. The van der Waals surface area contributed by atoms with Gasteiger partial charge >= 0.3 is 0 Å². The zero-order valence-corrected chi connectivity index (χ0v) is 11.1. The van der Waals surface area contributed by atoms with Crippen molar-refractivity contribution in [3.05, 3.63) is 59.7 Å². The molecule has 0 saturated heterocycles. The van der Waals surface area contributed by atoms with Crippen LogP contribution < -0.4 is 10.1 Å². The lowest BCUT2D eigenvalue weighted by Gasteiger charge is -2.15. The highest BCUT2D eigenvalue weighted by Gasteiger charge is 2.10. The highest BCUT2D eigenvalue weighted by atomic mass is 19.1. The molecule has 1 heterocycles. The first-order chi connectivity index (χ1) is 9.22. The summed E-state index contributed by atoms with van der Waals surface area (Å²) in [6.07, 6.45) is 3.50. The summed E-state index contributed by atoms with van der Waals surface area (Å²) in [5.41, 5.74) is 1.72. The molecule has 100 valence electrons. The maximum atomic E-state index is 14.0. The highest BCUT2D eigenvalue weighted by Crippen LogP contribution is 2.20. The quantitative estimate of drug-likeness (QED) is 0.897. The summed E-state index contributed by atoms with van der Waals surface area (Å²) >= 11 is 0. The Bertz CT molecular complexity index is 531. The molecule has 0 bridgehead atoms. The molecule has 0 aliphatic carbocycles. The zero-order valence-electron chi connectivity index (χ0n) is 11.1. The van der Waals surface area contributed by atoms with E-state index in [1.807, 2.05) is 19.1 Å². The average Bonchev–Trinajstić information content (AvgIpc) is 2.47. The van der Waals surface area contributed by atoms with Crippen LogP contribution in [0.2, 0.25) is 0 Å². The van der Waals surface area contributed by atoms with Crippen LogP contribution in [-0.2, 0) is 6.54 Å².